The summed E-state index contributed by atoms with van der Waals surface area (Å²) in [5.41, 5.74) is 0.258. The smallest absolute Gasteiger partial charge is 0.342 e. The second kappa shape index (κ2) is 6.09. The lowest BCUT2D eigenvalue weighted by Gasteiger charge is -2.30. The van der Waals surface area contributed by atoms with Crippen LogP contribution in [0.4, 0.5) is 0 Å². The highest BCUT2D eigenvalue weighted by atomic mass is 16.5. The number of hydrogen-bond donors (Lipinski definition) is 1. The van der Waals surface area contributed by atoms with E-state index in [0.717, 1.165) is 31.6 Å². The van der Waals surface area contributed by atoms with Crippen LogP contribution in [-0.4, -0.2) is 17.2 Å². The van der Waals surface area contributed by atoms with Crippen molar-refractivity contribution in [1.82, 2.24) is 0 Å². The van der Waals surface area contributed by atoms with Crippen LogP contribution in [-0.2, 0) is 4.74 Å². The molecule has 3 heteroatoms. The molecule has 19 heavy (non-hydrogen) atoms. The average Bonchev–Trinajstić information content (AvgIpc) is 2.39. The van der Waals surface area contributed by atoms with Crippen molar-refractivity contribution in [2.45, 2.75) is 45.6 Å². The van der Waals surface area contributed by atoms with Gasteiger partial charge in [0, 0.05) is 0 Å². The number of carbonyl (C=O) groups excluding carboxylic acids is 1. The lowest BCUT2D eigenvalue weighted by molar-refractivity contribution is 0.0140. The number of rotatable bonds is 3. The number of phenols is 1. The van der Waals surface area contributed by atoms with E-state index >= 15 is 0 Å². The average molecular weight is 262 g/mol. The molecule has 0 aliphatic heterocycles. The van der Waals surface area contributed by atoms with Crippen molar-refractivity contribution < 1.29 is 14.6 Å². The minimum Gasteiger partial charge on any atom is -0.507 e. The summed E-state index contributed by atoms with van der Waals surface area (Å²) in [4.78, 5) is 12.0. The van der Waals surface area contributed by atoms with Crippen molar-refractivity contribution in [3.63, 3.8) is 0 Å². The molecule has 1 aliphatic rings. The molecule has 2 rings (SSSR count). The number of carbonyl (C=O) groups is 1. The number of ether oxygens (including phenoxy) is 1. The van der Waals surface area contributed by atoms with E-state index in [4.69, 9.17) is 4.74 Å². The second-order valence-corrected chi connectivity index (χ2v) is 5.70. The molecule has 1 aliphatic carbocycles. The molecule has 0 heterocycles. The summed E-state index contributed by atoms with van der Waals surface area (Å²) >= 11 is 0. The van der Waals surface area contributed by atoms with Crippen LogP contribution in [0.1, 0.15) is 49.9 Å². The number of benzene rings is 1. The quantitative estimate of drug-likeness (QED) is 0.843. The van der Waals surface area contributed by atoms with Gasteiger partial charge in [0.2, 0.25) is 0 Å². The largest absolute Gasteiger partial charge is 0.507 e. The number of aromatic hydroxyl groups is 1. The molecular weight excluding hydrogens is 240 g/mol. The molecule has 0 amide bonds. The third kappa shape index (κ3) is 3.49. The molecule has 0 atom stereocenters. The summed E-state index contributed by atoms with van der Waals surface area (Å²) < 4.78 is 5.49. The summed E-state index contributed by atoms with van der Waals surface area (Å²) in [6.45, 7) is 4.50. The zero-order valence-electron chi connectivity index (χ0n) is 11.6. The zero-order chi connectivity index (χ0) is 13.8. The SMILES string of the molecule is CC(C)C1CCC(OC(=O)c2ccccc2O)CC1. The van der Waals surface area contributed by atoms with E-state index in [9.17, 15) is 9.90 Å². The van der Waals surface area contributed by atoms with Crippen LogP contribution >= 0.6 is 0 Å². The van der Waals surface area contributed by atoms with E-state index in [1.807, 2.05) is 0 Å². The Labute approximate surface area is 114 Å². The zero-order valence-corrected chi connectivity index (χ0v) is 11.6. The summed E-state index contributed by atoms with van der Waals surface area (Å²) in [5.74, 6) is 1.03. The van der Waals surface area contributed by atoms with Crippen LogP contribution in [0.5, 0.6) is 5.75 Å². The third-order valence-corrected chi connectivity index (χ3v) is 4.06. The van der Waals surface area contributed by atoms with Gasteiger partial charge in [0.05, 0.1) is 0 Å². The van der Waals surface area contributed by atoms with E-state index < -0.39 is 5.97 Å². The van der Waals surface area contributed by atoms with Gasteiger partial charge in [-0.1, -0.05) is 26.0 Å². The molecule has 3 nitrogen and oxygen atoms in total. The number of para-hydroxylation sites is 1. The first-order valence-electron chi connectivity index (χ1n) is 7.07. The molecule has 0 radical (unpaired) electrons. The van der Waals surface area contributed by atoms with Gasteiger partial charge in [0.15, 0.2) is 0 Å². The topological polar surface area (TPSA) is 46.5 Å². The molecule has 1 saturated carbocycles. The van der Waals surface area contributed by atoms with E-state index in [-0.39, 0.29) is 17.4 Å². The van der Waals surface area contributed by atoms with Crippen molar-refractivity contribution in [1.29, 1.82) is 0 Å². The normalized spacial score (nSPS) is 23.3. The van der Waals surface area contributed by atoms with Crippen LogP contribution in [0.2, 0.25) is 0 Å². The molecular formula is C16H22O3. The minimum absolute atomic E-state index is 0.00195. The Balaban J connectivity index is 1.89. The number of hydrogen-bond acceptors (Lipinski definition) is 3. The highest BCUT2D eigenvalue weighted by Crippen LogP contribution is 2.32. The standard InChI is InChI=1S/C16H22O3/c1-11(2)12-7-9-13(10-8-12)19-16(18)14-5-3-4-6-15(14)17/h3-6,11-13,17H,7-10H2,1-2H3. The van der Waals surface area contributed by atoms with Crippen LogP contribution in [0.3, 0.4) is 0 Å². The third-order valence-electron chi connectivity index (χ3n) is 4.06. The van der Waals surface area contributed by atoms with E-state index in [1.54, 1.807) is 18.2 Å². The fourth-order valence-electron chi connectivity index (χ4n) is 2.73. The van der Waals surface area contributed by atoms with Crippen molar-refractivity contribution in [3.8, 4) is 5.75 Å². The Morgan fingerprint density at radius 1 is 1.21 bits per heavy atom. The molecule has 1 aromatic carbocycles. The predicted octanol–water partition coefficient (Wildman–Crippen LogP) is 3.76. The first-order valence-corrected chi connectivity index (χ1v) is 7.07. The van der Waals surface area contributed by atoms with Crippen molar-refractivity contribution in [2.75, 3.05) is 0 Å². The Hall–Kier alpha value is -1.51. The Morgan fingerprint density at radius 2 is 1.84 bits per heavy atom. The van der Waals surface area contributed by atoms with Gasteiger partial charge in [0.25, 0.3) is 0 Å². The minimum atomic E-state index is -0.411. The van der Waals surface area contributed by atoms with Gasteiger partial charge in [-0.15, -0.1) is 0 Å². The summed E-state index contributed by atoms with van der Waals surface area (Å²) in [6.07, 6.45) is 4.11. The predicted molar refractivity (Wildman–Crippen MR) is 74.1 cm³/mol. The van der Waals surface area contributed by atoms with E-state index in [2.05, 4.69) is 13.8 Å². The van der Waals surface area contributed by atoms with Crippen molar-refractivity contribution >= 4 is 5.97 Å². The van der Waals surface area contributed by atoms with Crippen LogP contribution < -0.4 is 0 Å². The molecule has 1 aromatic rings. The molecule has 0 bridgehead atoms. The molecule has 1 fully saturated rings. The van der Waals surface area contributed by atoms with Crippen LogP contribution in [0, 0.1) is 11.8 Å². The first-order chi connectivity index (χ1) is 9.08. The maximum Gasteiger partial charge on any atom is 0.342 e. The molecule has 0 spiro atoms. The van der Waals surface area contributed by atoms with Gasteiger partial charge in [-0.3, -0.25) is 0 Å². The molecule has 0 saturated heterocycles. The van der Waals surface area contributed by atoms with Gasteiger partial charge >= 0.3 is 5.97 Å². The maximum atomic E-state index is 12.0. The molecule has 0 aromatic heterocycles. The highest BCUT2D eigenvalue weighted by molar-refractivity contribution is 5.92. The van der Waals surface area contributed by atoms with Gasteiger partial charge in [0.1, 0.15) is 17.4 Å². The first kappa shape index (κ1) is 13.9. The van der Waals surface area contributed by atoms with Gasteiger partial charge in [-0.2, -0.15) is 0 Å². The Kier molecular flexibility index (Phi) is 4.46. The monoisotopic (exact) mass is 262 g/mol. The Morgan fingerprint density at radius 3 is 2.42 bits per heavy atom. The molecule has 1 N–H and O–H groups in total. The molecule has 0 unspecified atom stereocenters. The molecule has 104 valence electrons. The fourth-order valence-corrected chi connectivity index (χ4v) is 2.73. The number of phenolic OH excluding ortho intramolecular Hbond substituents is 1. The van der Waals surface area contributed by atoms with Crippen molar-refractivity contribution in [2.24, 2.45) is 11.8 Å². The van der Waals surface area contributed by atoms with Gasteiger partial charge < -0.3 is 9.84 Å². The van der Waals surface area contributed by atoms with E-state index in [1.165, 1.54) is 6.07 Å². The summed E-state index contributed by atoms with van der Waals surface area (Å²) in [5, 5.41) is 9.62. The Bertz CT molecular complexity index is 431. The highest BCUT2D eigenvalue weighted by Gasteiger charge is 2.26. The lowest BCUT2D eigenvalue weighted by Crippen LogP contribution is -2.26. The van der Waals surface area contributed by atoms with Crippen molar-refractivity contribution in [3.05, 3.63) is 29.8 Å². The van der Waals surface area contributed by atoms with Crippen LogP contribution in [0.25, 0.3) is 0 Å². The van der Waals surface area contributed by atoms with Gasteiger partial charge in [-0.25, -0.2) is 4.79 Å². The summed E-state index contributed by atoms with van der Waals surface area (Å²) in [7, 11) is 0. The maximum absolute atomic E-state index is 12.0. The van der Waals surface area contributed by atoms with Gasteiger partial charge in [-0.05, 0) is 49.7 Å². The second-order valence-electron chi connectivity index (χ2n) is 5.70. The van der Waals surface area contributed by atoms with Crippen LogP contribution in [0.15, 0.2) is 24.3 Å². The van der Waals surface area contributed by atoms with E-state index in [0.29, 0.717) is 5.92 Å². The lowest BCUT2D eigenvalue weighted by atomic mass is 9.80. The summed E-state index contributed by atoms with van der Waals surface area (Å²) in [6, 6.07) is 6.52. The fraction of sp³-hybridized carbons (Fsp3) is 0.562. The number of esters is 1.